The zero-order chi connectivity index (χ0) is 19.1. The van der Waals surface area contributed by atoms with E-state index in [9.17, 15) is 9.59 Å². The third-order valence-corrected chi connectivity index (χ3v) is 4.17. The van der Waals surface area contributed by atoms with Gasteiger partial charge >= 0.3 is 0 Å². The Morgan fingerprint density at radius 1 is 0.962 bits per heavy atom. The number of amides is 2. The number of carbonyl (C=O) groups is 2. The first-order chi connectivity index (χ1) is 12.4. The van der Waals surface area contributed by atoms with Crippen LogP contribution in [0.1, 0.15) is 48.2 Å². The highest BCUT2D eigenvalue weighted by Gasteiger charge is 2.17. The maximum Gasteiger partial charge on any atom is 0.273 e. The van der Waals surface area contributed by atoms with Gasteiger partial charge in [0.2, 0.25) is 5.91 Å². The summed E-state index contributed by atoms with van der Waals surface area (Å²) in [5.74, 6) is -0.0268. The van der Waals surface area contributed by atoms with Gasteiger partial charge in [0.05, 0.1) is 18.6 Å². The van der Waals surface area contributed by atoms with E-state index < -0.39 is 5.91 Å². The number of rotatable bonds is 6. The zero-order valence-electron chi connectivity index (χ0n) is 15.7. The number of para-hydroxylation sites is 1. The molecule has 2 N–H and O–H groups in total. The van der Waals surface area contributed by atoms with E-state index in [1.54, 1.807) is 24.3 Å². The molecule has 0 spiro atoms. The Morgan fingerprint density at radius 2 is 1.62 bits per heavy atom. The molecule has 0 saturated carbocycles. The largest absolute Gasteiger partial charge is 0.496 e. The zero-order valence-corrected chi connectivity index (χ0v) is 15.7. The van der Waals surface area contributed by atoms with Gasteiger partial charge in [-0.05, 0) is 42.5 Å². The Hall–Kier alpha value is -2.82. The second-order valence-corrected chi connectivity index (χ2v) is 6.70. The Bertz CT molecular complexity index is 754. The van der Waals surface area contributed by atoms with Gasteiger partial charge < -0.3 is 4.74 Å². The van der Waals surface area contributed by atoms with Crippen molar-refractivity contribution in [3.05, 3.63) is 65.2 Å². The molecule has 5 heteroatoms. The lowest BCUT2D eigenvalue weighted by atomic mass is 9.96. The van der Waals surface area contributed by atoms with Crippen LogP contribution in [0.3, 0.4) is 0 Å². The first-order valence-corrected chi connectivity index (χ1v) is 8.74. The molecule has 0 heterocycles. The minimum absolute atomic E-state index is 0.273. The molecule has 0 aliphatic carbocycles. The van der Waals surface area contributed by atoms with Crippen LogP contribution >= 0.6 is 0 Å². The van der Waals surface area contributed by atoms with Gasteiger partial charge in [0.1, 0.15) is 5.75 Å². The van der Waals surface area contributed by atoms with E-state index in [0.717, 1.165) is 12.0 Å². The number of hydrazine groups is 1. The quantitative estimate of drug-likeness (QED) is 0.781. The van der Waals surface area contributed by atoms with Gasteiger partial charge in [-0.15, -0.1) is 0 Å². The van der Waals surface area contributed by atoms with Gasteiger partial charge in [0.15, 0.2) is 0 Å². The number of nitrogens with one attached hydrogen (secondary N) is 2. The molecule has 0 aliphatic heterocycles. The Labute approximate surface area is 154 Å². The lowest BCUT2D eigenvalue weighted by Crippen LogP contribution is -2.43. The highest BCUT2D eigenvalue weighted by atomic mass is 16.5. The van der Waals surface area contributed by atoms with E-state index in [1.165, 1.54) is 12.7 Å². The van der Waals surface area contributed by atoms with Gasteiger partial charge in [-0.25, -0.2) is 0 Å². The van der Waals surface area contributed by atoms with Crippen LogP contribution in [0.5, 0.6) is 5.75 Å². The predicted molar refractivity (Wildman–Crippen MR) is 102 cm³/mol. The SMILES string of the molecule is COc1ccccc1C(=O)NNC(=O)C(C)c1ccc(CC(C)C)cc1. The molecule has 2 rings (SSSR count). The summed E-state index contributed by atoms with van der Waals surface area (Å²) in [6.07, 6.45) is 1.01. The van der Waals surface area contributed by atoms with Crippen LogP contribution in [-0.2, 0) is 11.2 Å². The molecule has 0 saturated heterocycles. The Morgan fingerprint density at radius 3 is 2.23 bits per heavy atom. The second kappa shape index (κ2) is 9.04. The summed E-state index contributed by atoms with van der Waals surface area (Å²) in [6.45, 7) is 6.16. The van der Waals surface area contributed by atoms with Crippen molar-refractivity contribution in [2.24, 2.45) is 5.92 Å². The molecule has 2 aromatic carbocycles. The van der Waals surface area contributed by atoms with Crippen molar-refractivity contribution in [1.82, 2.24) is 10.9 Å². The highest BCUT2D eigenvalue weighted by molar-refractivity contribution is 5.98. The van der Waals surface area contributed by atoms with Crippen LogP contribution < -0.4 is 15.6 Å². The van der Waals surface area contributed by atoms with Crippen molar-refractivity contribution in [2.75, 3.05) is 7.11 Å². The van der Waals surface area contributed by atoms with E-state index in [0.29, 0.717) is 17.2 Å². The summed E-state index contributed by atoms with van der Waals surface area (Å²) >= 11 is 0. The normalized spacial score (nSPS) is 11.7. The van der Waals surface area contributed by atoms with Crippen LogP contribution in [0.25, 0.3) is 0 Å². The Balaban J connectivity index is 1.95. The lowest BCUT2D eigenvalue weighted by molar-refractivity contribution is -0.123. The van der Waals surface area contributed by atoms with Crippen molar-refractivity contribution in [3.63, 3.8) is 0 Å². The van der Waals surface area contributed by atoms with Crippen molar-refractivity contribution < 1.29 is 14.3 Å². The standard InChI is InChI=1S/C21H26N2O3/c1-14(2)13-16-9-11-17(12-10-16)15(3)20(24)22-23-21(25)18-7-5-6-8-19(18)26-4/h5-12,14-15H,13H2,1-4H3,(H,22,24)(H,23,25). The molecule has 1 unspecified atom stereocenters. The fraction of sp³-hybridized carbons (Fsp3) is 0.333. The topological polar surface area (TPSA) is 67.4 Å². The maximum atomic E-state index is 12.3. The van der Waals surface area contributed by atoms with Crippen LogP contribution in [-0.4, -0.2) is 18.9 Å². The molecular weight excluding hydrogens is 328 g/mol. The molecule has 0 bridgehead atoms. The first-order valence-electron chi connectivity index (χ1n) is 8.74. The lowest BCUT2D eigenvalue weighted by Gasteiger charge is -2.15. The average Bonchev–Trinajstić information content (AvgIpc) is 2.65. The summed E-state index contributed by atoms with van der Waals surface area (Å²) in [5, 5.41) is 0. The van der Waals surface area contributed by atoms with E-state index in [2.05, 4.69) is 24.7 Å². The summed E-state index contributed by atoms with van der Waals surface area (Å²) in [5.41, 5.74) is 7.44. The molecule has 138 valence electrons. The molecule has 26 heavy (non-hydrogen) atoms. The highest BCUT2D eigenvalue weighted by Crippen LogP contribution is 2.18. The third-order valence-electron chi connectivity index (χ3n) is 4.17. The van der Waals surface area contributed by atoms with Crippen molar-refractivity contribution in [1.29, 1.82) is 0 Å². The van der Waals surface area contributed by atoms with Gasteiger partial charge in [-0.1, -0.05) is 50.2 Å². The fourth-order valence-corrected chi connectivity index (χ4v) is 2.69. The number of ether oxygens (including phenoxy) is 1. The average molecular weight is 354 g/mol. The van der Waals surface area contributed by atoms with Crippen LogP contribution in [0.15, 0.2) is 48.5 Å². The summed E-state index contributed by atoms with van der Waals surface area (Å²) in [6, 6.07) is 14.9. The first kappa shape index (κ1) is 19.5. The van der Waals surface area contributed by atoms with Gasteiger partial charge in [-0.2, -0.15) is 0 Å². The number of hydrogen-bond acceptors (Lipinski definition) is 3. The van der Waals surface area contributed by atoms with Crippen LogP contribution in [0.2, 0.25) is 0 Å². The molecule has 0 radical (unpaired) electrons. The number of hydrogen-bond donors (Lipinski definition) is 2. The van der Waals surface area contributed by atoms with E-state index in [4.69, 9.17) is 4.74 Å². The van der Waals surface area contributed by atoms with Crippen molar-refractivity contribution in [2.45, 2.75) is 33.1 Å². The van der Waals surface area contributed by atoms with E-state index in [-0.39, 0.29) is 11.8 Å². The minimum Gasteiger partial charge on any atom is -0.496 e. The van der Waals surface area contributed by atoms with E-state index in [1.807, 2.05) is 31.2 Å². The third kappa shape index (κ3) is 5.09. The van der Waals surface area contributed by atoms with Gasteiger partial charge in [0.25, 0.3) is 5.91 Å². The molecule has 0 aromatic heterocycles. The number of carbonyl (C=O) groups excluding carboxylic acids is 2. The van der Waals surface area contributed by atoms with Gasteiger partial charge in [0, 0.05) is 0 Å². The number of benzene rings is 2. The smallest absolute Gasteiger partial charge is 0.273 e. The second-order valence-electron chi connectivity index (χ2n) is 6.70. The summed E-state index contributed by atoms with van der Waals surface area (Å²) in [4.78, 5) is 24.6. The molecule has 2 aromatic rings. The predicted octanol–water partition coefficient (Wildman–Crippen LogP) is 3.46. The summed E-state index contributed by atoms with van der Waals surface area (Å²) < 4.78 is 5.16. The Kier molecular flexibility index (Phi) is 6.78. The van der Waals surface area contributed by atoms with Crippen molar-refractivity contribution in [3.8, 4) is 5.75 Å². The van der Waals surface area contributed by atoms with Gasteiger partial charge in [-0.3, -0.25) is 20.4 Å². The minimum atomic E-state index is -0.421. The maximum absolute atomic E-state index is 12.3. The van der Waals surface area contributed by atoms with Crippen LogP contribution in [0.4, 0.5) is 0 Å². The van der Waals surface area contributed by atoms with Crippen molar-refractivity contribution >= 4 is 11.8 Å². The summed E-state index contributed by atoms with van der Waals surface area (Å²) in [7, 11) is 1.50. The molecule has 0 aliphatic rings. The molecule has 5 nitrogen and oxygen atoms in total. The number of methoxy groups -OCH3 is 1. The van der Waals surface area contributed by atoms with E-state index >= 15 is 0 Å². The fourth-order valence-electron chi connectivity index (χ4n) is 2.69. The monoisotopic (exact) mass is 354 g/mol. The molecule has 0 fully saturated rings. The molecular formula is C21H26N2O3. The van der Waals surface area contributed by atoms with Crippen LogP contribution in [0, 0.1) is 5.92 Å². The molecule has 2 amide bonds. The molecule has 1 atom stereocenters.